The van der Waals surface area contributed by atoms with E-state index >= 15 is 0 Å². The molecule has 0 atom stereocenters. The van der Waals surface area contributed by atoms with Gasteiger partial charge in [-0.1, -0.05) is 6.07 Å². The lowest BCUT2D eigenvalue weighted by molar-refractivity contribution is 1.04. The molecule has 0 radical (unpaired) electrons. The number of H-pyrrole nitrogens is 2. The summed E-state index contributed by atoms with van der Waals surface area (Å²) in [6.45, 7) is 5.97. The Hall–Kier alpha value is -1.84. The van der Waals surface area contributed by atoms with Crippen molar-refractivity contribution in [2.45, 2.75) is 20.8 Å². The van der Waals surface area contributed by atoms with Gasteiger partial charge in [-0.15, -0.1) is 0 Å². The number of nitrogens with one attached hydrogen (secondary N) is 2. The second kappa shape index (κ2) is 3.38. The lowest BCUT2D eigenvalue weighted by Crippen LogP contribution is -1.95. The molecule has 2 aromatic rings. The van der Waals surface area contributed by atoms with Crippen LogP contribution in [-0.4, -0.2) is 15.2 Å². The quantitative estimate of drug-likeness (QED) is 0.740. The molecule has 2 N–H and O–H groups in total. The smallest absolute Gasteiger partial charge is 0.264 e. The largest absolute Gasteiger partial charge is 0.296 e. The third-order valence-electron chi connectivity index (χ3n) is 2.51. The molecule has 0 aliphatic rings. The maximum atomic E-state index is 11.0. The second-order valence-corrected chi connectivity index (χ2v) is 3.73. The third-order valence-corrected chi connectivity index (χ3v) is 2.51. The summed E-state index contributed by atoms with van der Waals surface area (Å²) in [5, 5.41) is 5.32. The highest BCUT2D eigenvalue weighted by molar-refractivity contribution is 5.58. The van der Waals surface area contributed by atoms with E-state index in [1.165, 1.54) is 6.07 Å². The molecule has 2 aromatic heterocycles. The fraction of sp³-hybridized carbons (Fsp3) is 0.273. The minimum atomic E-state index is -0.135. The summed E-state index contributed by atoms with van der Waals surface area (Å²) in [5.74, 6) is 0. The highest BCUT2D eigenvalue weighted by atomic mass is 16.1. The molecule has 0 amide bonds. The van der Waals surface area contributed by atoms with Gasteiger partial charge in [0.2, 0.25) is 0 Å². The molecule has 4 nitrogen and oxygen atoms in total. The Morgan fingerprint density at radius 2 is 1.80 bits per heavy atom. The zero-order chi connectivity index (χ0) is 11.0. The van der Waals surface area contributed by atoms with Crippen molar-refractivity contribution in [2.75, 3.05) is 0 Å². The van der Waals surface area contributed by atoms with E-state index in [0.29, 0.717) is 0 Å². The Balaban J connectivity index is 2.63. The standard InChI is InChI=1S/C11H13N3O/c1-6-4-7(2)11(12-8(6)3)9-5-10(15)14-13-9/h4-5H,1-3H3,(H2,13,14,15). The van der Waals surface area contributed by atoms with Crippen LogP contribution in [0.5, 0.6) is 0 Å². The number of hydrogen-bond donors (Lipinski definition) is 2. The number of aromatic amines is 2. The van der Waals surface area contributed by atoms with Crippen molar-refractivity contribution >= 4 is 0 Å². The van der Waals surface area contributed by atoms with Crippen LogP contribution in [0.1, 0.15) is 16.8 Å². The zero-order valence-corrected chi connectivity index (χ0v) is 9.01. The van der Waals surface area contributed by atoms with Crippen molar-refractivity contribution < 1.29 is 0 Å². The van der Waals surface area contributed by atoms with Gasteiger partial charge < -0.3 is 0 Å². The van der Waals surface area contributed by atoms with Crippen LogP contribution >= 0.6 is 0 Å². The lowest BCUT2D eigenvalue weighted by atomic mass is 10.1. The fourth-order valence-electron chi connectivity index (χ4n) is 1.57. The molecular formula is C11H13N3O. The molecule has 0 spiro atoms. The van der Waals surface area contributed by atoms with Gasteiger partial charge in [0.1, 0.15) is 0 Å². The van der Waals surface area contributed by atoms with Gasteiger partial charge in [0.05, 0.1) is 11.4 Å². The summed E-state index contributed by atoms with van der Waals surface area (Å²) in [4.78, 5) is 15.5. The number of aromatic nitrogens is 3. The van der Waals surface area contributed by atoms with Gasteiger partial charge in [-0.05, 0) is 31.9 Å². The third kappa shape index (κ3) is 1.70. The van der Waals surface area contributed by atoms with Gasteiger partial charge in [-0.25, -0.2) is 0 Å². The van der Waals surface area contributed by atoms with Gasteiger partial charge in [0.25, 0.3) is 5.56 Å². The first kappa shape index (κ1) is 9.71. The molecule has 0 aliphatic carbocycles. The Kier molecular flexibility index (Phi) is 2.19. The molecule has 0 aromatic carbocycles. The summed E-state index contributed by atoms with van der Waals surface area (Å²) in [7, 11) is 0. The van der Waals surface area contributed by atoms with Crippen molar-refractivity contribution in [2.24, 2.45) is 0 Å². The molecule has 78 valence electrons. The molecule has 0 bridgehead atoms. The van der Waals surface area contributed by atoms with E-state index < -0.39 is 0 Å². The van der Waals surface area contributed by atoms with E-state index in [1.54, 1.807) is 0 Å². The van der Waals surface area contributed by atoms with Gasteiger partial charge in [-0.2, -0.15) is 0 Å². The molecule has 4 heteroatoms. The van der Waals surface area contributed by atoms with Crippen molar-refractivity contribution in [3.63, 3.8) is 0 Å². The minimum absolute atomic E-state index is 0.135. The molecule has 2 rings (SSSR count). The normalized spacial score (nSPS) is 10.6. The number of hydrogen-bond acceptors (Lipinski definition) is 2. The number of rotatable bonds is 1. The molecule has 15 heavy (non-hydrogen) atoms. The molecule has 0 aliphatic heterocycles. The van der Waals surface area contributed by atoms with Gasteiger partial charge in [-0.3, -0.25) is 20.0 Å². The first-order chi connectivity index (χ1) is 7.08. The van der Waals surface area contributed by atoms with E-state index in [2.05, 4.69) is 21.2 Å². The summed E-state index contributed by atoms with van der Waals surface area (Å²) in [6.07, 6.45) is 0. The van der Waals surface area contributed by atoms with Gasteiger partial charge >= 0.3 is 0 Å². The number of aryl methyl sites for hydroxylation is 3. The Morgan fingerprint density at radius 3 is 2.40 bits per heavy atom. The Morgan fingerprint density at radius 1 is 1.07 bits per heavy atom. The van der Waals surface area contributed by atoms with Crippen LogP contribution in [-0.2, 0) is 0 Å². The zero-order valence-electron chi connectivity index (χ0n) is 9.01. The monoisotopic (exact) mass is 203 g/mol. The average molecular weight is 203 g/mol. The van der Waals surface area contributed by atoms with E-state index in [1.807, 2.05) is 20.8 Å². The van der Waals surface area contributed by atoms with Crippen LogP contribution in [0, 0.1) is 20.8 Å². The second-order valence-electron chi connectivity index (χ2n) is 3.73. The Bertz CT molecular complexity index is 551. The van der Waals surface area contributed by atoms with E-state index in [0.717, 1.165) is 28.2 Å². The van der Waals surface area contributed by atoms with Crippen molar-refractivity contribution in [1.29, 1.82) is 0 Å². The molecule has 0 unspecified atom stereocenters. The maximum Gasteiger partial charge on any atom is 0.264 e. The molecule has 0 fully saturated rings. The van der Waals surface area contributed by atoms with Gasteiger partial charge in [0, 0.05) is 11.8 Å². The van der Waals surface area contributed by atoms with Crippen LogP contribution in [0.4, 0.5) is 0 Å². The predicted octanol–water partition coefficient (Wildman–Crippen LogP) is 1.69. The van der Waals surface area contributed by atoms with E-state index in [4.69, 9.17) is 0 Å². The van der Waals surface area contributed by atoms with Crippen LogP contribution < -0.4 is 5.56 Å². The van der Waals surface area contributed by atoms with Crippen molar-refractivity contribution in [3.8, 4) is 11.4 Å². The van der Waals surface area contributed by atoms with Crippen LogP contribution in [0.2, 0.25) is 0 Å². The molecule has 0 saturated carbocycles. The predicted molar refractivity (Wildman–Crippen MR) is 58.9 cm³/mol. The SMILES string of the molecule is Cc1cc(C)c(-c2cc(=O)[nH][nH]2)nc1C. The summed E-state index contributed by atoms with van der Waals surface area (Å²) >= 11 is 0. The first-order valence-corrected chi connectivity index (χ1v) is 4.81. The molecule has 2 heterocycles. The first-order valence-electron chi connectivity index (χ1n) is 4.81. The Labute approximate surface area is 87.4 Å². The highest BCUT2D eigenvalue weighted by Gasteiger charge is 2.07. The summed E-state index contributed by atoms with van der Waals surface area (Å²) in [5.41, 5.74) is 4.64. The topological polar surface area (TPSA) is 61.5 Å². The highest BCUT2D eigenvalue weighted by Crippen LogP contribution is 2.19. The fourth-order valence-corrected chi connectivity index (χ4v) is 1.57. The summed E-state index contributed by atoms with van der Waals surface area (Å²) in [6, 6.07) is 3.59. The van der Waals surface area contributed by atoms with Crippen LogP contribution in [0.15, 0.2) is 16.9 Å². The lowest BCUT2D eigenvalue weighted by Gasteiger charge is -2.06. The average Bonchev–Trinajstić information content (AvgIpc) is 2.58. The maximum absolute atomic E-state index is 11.0. The number of pyridine rings is 1. The van der Waals surface area contributed by atoms with Gasteiger partial charge in [0.15, 0.2) is 0 Å². The summed E-state index contributed by atoms with van der Waals surface area (Å²) < 4.78 is 0. The van der Waals surface area contributed by atoms with Crippen LogP contribution in [0.25, 0.3) is 11.4 Å². The number of nitrogens with zero attached hydrogens (tertiary/aromatic N) is 1. The minimum Gasteiger partial charge on any atom is -0.296 e. The van der Waals surface area contributed by atoms with E-state index in [-0.39, 0.29) is 5.56 Å². The van der Waals surface area contributed by atoms with E-state index in [9.17, 15) is 4.79 Å². The van der Waals surface area contributed by atoms with Crippen molar-refractivity contribution in [1.82, 2.24) is 15.2 Å². The van der Waals surface area contributed by atoms with Crippen LogP contribution in [0.3, 0.4) is 0 Å². The molecular weight excluding hydrogens is 190 g/mol. The van der Waals surface area contributed by atoms with Crippen molar-refractivity contribution in [3.05, 3.63) is 39.3 Å². The molecule has 0 saturated heterocycles.